The monoisotopic (exact) mass is 546 g/mol. The van der Waals surface area contributed by atoms with Crippen molar-refractivity contribution in [3.63, 3.8) is 0 Å². The average Bonchev–Trinajstić information content (AvgIpc) is 3.34. The molecule has 4 rings (SSSR count). The summed E-state index contributed by atoms with van der Waals surface area (Å²) in [5.74, 6) is 1.91. The maximum absolute atomic E-state index is 12.0. The number of hydrogen-bond acceptors (Lipinski definition) is 3. The number of nitrogens with one attached hydrogen (secondary N) is 2. The lowest BCUT2D eigenvalue weighted by atomic mass is 10.1. The van der Waals surface area contributed by atoms with Crippen LogP contribution in [0, 0.1) is 6.92 Å². The Bertz CT molecular complexity index is 1090. The molecule has 1 aliphatic heterocycles. The number of nitrogens with zero attached hydrogens (tertiary/aromatic N) is 2. The third kappa shape index (κ3) is 5.62. The molecule has 1 amide bonds. The fourth-order valence-electron chi connectivity index (χ4n) is 4.01. The van der Waals surface area contributed by atoms with Crippen molar-refractivity contribution >= 4 is 46.8 Å². The van der Waals surface area contributed by atoms with E-state index in [1.54, 1.807) is 0 Å². The molecule has 0 atom stereocenters. The van der Waals surface area contributed by atoms with Crippen LogP contribution in [0.1, 0.15) is 42.2 Å². The summed E-state index contributed by atoms with van der Waals surface area (Å²) in [4.78, 5) is 18.7. The first-order valence-corrected chi connectivity index (χ1v) is 11.0. The fourth-order valence-corrected chi connectivity index (χ4v) is 4.01. The van der Waals surface area contributed by atoms with Crippen molar-refractivity contribution in [3.8, 4) is 0 Å². The van der Waals surface area contributed by atoms with Gasteiger partial charge in [-0.05, 0) is 37.5 Å². The molecular formula is C25H31IN4O2. The van der Waals surface area contributed by atoms with Gasteiger partial charge in [0.15, 0.2) is 5.96 Å². The van der Waals surface area contributed by atoms with E-state index in [2.05, 4.69) is 42.7 Å². The van der Waals surface area contributed by atoms with Gasteiger partial charge in [-0.15, -0.1) is 24.0 Å². The smallest absolute Gasteiger partial charge is 0.222 e. The highest BCUT2D eigenvalue weighted by molar-refractivity contribution is 14.0. The van der Waals surface area contributed by atoms with Crippen molar-refractivity contribution in [3.05, 3.63) is 71.0 Å². The van der Waals surface area contributed by atoms with Crippen LogP contribution < -0.4 is 10.6 Å². The van der Waals surface area contributed by atoms with Crippen LogP contribution in [0.3, 0.4) is 0 Å². The van der Waals surface area contributed by atoms with Gasteiger partial charge in [-0.3, -0.25) is 4.79 Å². The number of likely N-dealkylation sites (tertiary alicyclic amines) is 1. The molecule has 1 aromatic heterocycles. The predicted molar refractivity (Wildman–Crippen MR) is 139 cm³/mol. The Morgan fingerprint density at radius 2 is 1.84 bits per heavy atom. The van der Waals surface area contributed by atoms with Gasteiger partial charge in [-0.25, -0.2) is 4.99 Å². The Hall–Kier alpha value is -2.55. The van der Waals surface area contributed by atoms with Gasteiger partial charge in [0.2, 0.25) is 5.91 Å². The SMILES string of the molecule is CCNC(=NCc1ccccc1CN1CCCC1=O)NCc1oc2ccccc2c1C.I. The lowest BCUT2D eigenvalue weighted by Crippen LogP contribution is -2.36. The molecule has 1 saturated heterocycles. The van der Waals surface area contributed by atoms with Crippen LogP contribution in [0.5, 0.6) is 0 Å². The first-order chi connectivity index (χ1) is 15.2. The van der Waals surface area contributed by atoms with E-state index in [-0.39, 0.29) is 29.9 Å². The minimum Gasteiger partial charge on any atom is -0.459 e. The maximum Gasteiger partial charge on any atom is 0.222 e. The van der Waals surface area contributed by atoms with E-state index in [0.717, 1.165) is 58.9 Å². The molecule has 0 saturated carbocycles. The van der Waals surface area contributed by atoms with Gasteiger partial charge in [0.05, 0.1) is 13.1 Å². The zero-order valence-corrected chi connectivity index (χ0v) is 21.0. The Morgan fingerprint density at radius 3 is 2.56 bits per heavy atom. The predicted octanol–water partition coefficient (Wildman–Crippen LogP) is 4.74. The maximum atomic E-state index is 12.0. The summed E-state index contributed by atoms with van der Waals surface area (Å²) in [6.07, 6.45) is 1.62. The first kappa shape index (κ1) is 24.1. The number of furan rings is 1. The summed E-state index contributed by atoms with van der Waals surface area (Å²) in [5.41, 5.74) is 4.36. The zero-order valence-electron chi connectivity index (χ0n) is 18.7. The van der Waals surface area contributed by atoms with Crippen molar-refractivity contribution in [2.75, 3.05) is 13.1 Å². The van der Waals surface area contributed by atoms with E-state index in [1.165, 1.54) is 0 Å². The molecule has 1 aliphatic rings. The van der Waals surface area contributed by atoms with Gasteiger partial charge in [-0.1, -0.05) is 42.5 Å². The summed E-state index contributed by atoms with van der Waals surface area (Å²) >= 11 is 0. The lowest BCUT2D eigenvalue weighted by Gasteiger charge is -2.18. The number of benzene rings is 2. The Kier molecular flexibility index (Phi) is 8.55. The largest absolute Gasteiger partial charge is 0.459 e. The highest BCUT2D eigenvalue weighted by Gasteiger charge is 2.20. The second kappa shape index (κ2) is 11.4. The van der Waals surface area contributed by atoms with Crippen molar-refractivity contribution in [1.29, 1.82) is 0 Å². The number of hydrogen-bond donors (Lipinski definition) is 2. The number of rotatable bonds is 7. The van der Waals surface area contributed by atoms with Crippen LogP contribution in [0.4, 0.5) is 0 Å². The summed E-state index contributed by atoms with van der Waals surface area (Å²) in [5, 5.41) is 7.84. The molecule has 2 N–H and O–H groups in total. The summed E-state index contributed by atoms with van der Waals surface area (Å²) in [6, 6.07) is 16.3. The lowest BCUT2D eigenvalue weighted by molar-refractivity contribution is -0.128. The van der Waals surface area contributed by atoms with E-state index in [1.807, 2.05) is 35.2 Å². The van der Waals surface area contributed by atoms with Crippen LogP contribution in [-0.4, -0.2) is 29.9 Å². The molecule has 170 valence electrons. The number of fused-ring (bicyclic) bond motifs is 1. The number of carbonyl (C=O) groups is 1. The van der Waals surface area contributed by atoms with Gasteiger partial charge in [-0.2, -0.15) is 0 Å². The normalized spacial score (nSPS) is 14.0. The van der Waals surface area contributed by atoms with Crippen molar-refractivity contribution in [1.82, 2.24) is 15.5 Å². The number of aryl methyl sites for hydroxylation is 1. The molecule has 0 radical (unpaired) electrons. The molecule has 1 fully saturated rings. The molecule has 32 heavy (non-hydrogen) atoms. The van der Waals surface area contributed by atoms with Gasteiger partial charge in [0.25, 0.3) is 0 Å². The van der Waals surface area contributed by atoms with Gasteiger partial charge < -0.3 is 20.0 Å². The Labute approximate surface area is 206 Å². The van der Waals surface area contributed by atoms with E-state index in [0.29, 0.717) is 26.1 Å². The van der Waals surface area contributed by atoms with Crippen molar-refractivity contribution in [2.45, 2.75) is 46.3 Å². The summed E-state index contributed by atoms with van der Waals surface area (Å²) in [6.45, 7) is 7.53. The molecule has 0 bridgehead atoms. The number of halogens is 1. The Balaban J connectivity index is 0.00000289. The highest BCUT2D eigenvalue weighted by atomic mass is 127. The topological polar surface area (TPSA) is 69.9 Å². The number of aliphatic imine (C=N–C) groups is 1. The second-order valence-electron chi connectivity index (χ2n) is 7.88. The quantitative estimate of drug-likeness (QED) is 0.255. The number of carbonyl (C=O) groups excluding carboxylic acids is 1. The molecular weight excluding hydrogens is 515 g/mol. The molecule has 7 heteroatoms. The van der Waals surface area contributed by atoms with E-state index >= 15 is 0 Å². The van der Waals surface area contributed by atoms with Crippen LogP contribution in [0.25, 0.3) is 11.0 Å². The number of para-hydroxylation sites is 1. The summed E-state index contributed by atoms with van der Waals surface area (Å²) < 4.78 is 6.01. The van der Waals surface area contributed by atoms with Crippen molar-refractivity contribution < 1.29 is 9.21 Å². The third-order valence-electron chi connectivity index (χ3n) is 5.76. The minimum absolute atomic E-state index is 0. The highest BCUT2D eigenvalue weighted by Crippen LogP contribution is 2.24. The standard InChI is InChI=1S/C25H30N4O2.HI/c1-3-26-25(28-16-23-18(2)21-11-6-7-12-22(21)31-23)27-15-19-9-4-5-10-20(19)17-29-14-8-13-24(29)30;/h4-7,9-12H,3,8,13-17H2,1-2H3,(H2,26,27,28);1H. The molecule has 2 aromatic carbocycles. The minimum atomic E-state index is 0. The van der Waals surface area contributed by atoms with E-state index in [9.17, 15) is 4.79 Å². The van der Waals surface area contributed by atoms with E-state index < -0.39 is 0 Å². The average molecular weight is 546 g/mol. The van der Waals surface area contributed by atoms with Gasteiger partial charge in [0, 0.05) is 37.0 Å². The molecule has 6 nitrogen and oxygen atoms in total. The zero-order chi connectivity index (χ0) is 21.6. The molecule has 2 heterocycles. The second-order valence-corrected chi connectivity index (χ2v) is 7.88. The number of amides is 1. The van der Waals surface area contributed by atoms with Crippen LogP contribution in [0.15, 0.2) is 57.9 Å². The molecule has 0 aliphatic carbocycles. The van der Waals surface area contributed by atoms with Crippen LogP contribution in [-0.2, 0) is 24.4 Å². The molecule has 0 unspecified atom stereocenters. The van der Waals surface area contributed by atoms with Crippen molar-refractivity contribution in [2.24, 2.45) is 4.99 Å². The molecule has 0 spiro atoms. The number of guanidine groups is 1. The summed E-state index contributed by atoms with van der Waals surface area (Å²) in [7, 11) is 0. The van der Waals surface area contributed by atoms with Gasteiger partial charge in [0.1, 0.15) is 11.3 Å². The third-order valence-corrected chi connectivity index (χ3v) is 5.76. The first-order valence-electron chi connectivity index (χ1n) is 11.0. The Morgan fingerprint density at radius 1 is 1.09 bits per heavy atom. The van der Waals surface area contributed by atoms with Crippen LogP contribution >= 0.6 is 24.0 Å². The molecule has 3 aromatic rings. The van der Waals surface area contributed by atoms with E-state index in [4.69, 9.17) is 9.41 Å². The fraction of sp³-hybridized carbons (Fsp3) is 0.360. The van der Waals surface area contributed by atoms with Gasteiger partial charge >= 0.3 is 0 Å². The van der Waals surface area contributed by atoms with Crippen LogP contribution in [0.2, 0.25) is 0 Å².